The molecule has 3 amide bonds. The fraction of sp³-hybridized carbons (Fsp3) is 0.520. The molecule has 0 saturated carbocycles. The van der Waals surface area contributed by atoms with Crippen LogP contribution in [0.4, 0.5) is 0 Å². The maximum absolute atomic E-state index is 12.5. The van der Waals surface area contributed by atoms with E-state index in [-0.39, 0.29) is 43.1 Å². The monoisotopic (exact) mass is 506 g/mol. The van der Waals surface area contributed by atoms with Crippen LogP contribution in [0.3, 0.4) is 0 Å². The molecule has 0 unspecified atom stereocenters. The number of methoxy groups -OCH3 is 1. The predicted molar refractivity (Wildman–Crippen MR) is 136 cm³/mol. The van der Waals surface area contributed by atoms with Crippen molar-refractivity contribution < 1.29 is 23.9 Å². The molecule has 0 bridgehead atoms. The number of carbonyl (C=O) groups is 4. The van der Waals surface area contributed by atoms with Crippen molar-refractivity contribution in [3.63, 3.8) is 0 Å². The Kier molecular flexibility index (Phi) is 11.0. The Bertz CT molecular complexity index is 1030. The Labute approximate surface area is 210 Å². The number of carbonyl (C=O) groups excluding carboxylic acids is 4. The standard InChI is InChI=1S/C21H25ClN4O5.C4H10/c1-31-18-6-2-5-16-15(18)8-17(25-16)21(30)24-10-14(27)12-26(19(28)9-22)11-13-4-3-7-23-20(13)29;1-4(2)3/h2,5-6,8,13,25H,3-4,7,9-12H2,1H3,(H,23,29)(H,24,30);4H,1-3H3/t13-;/m0./s1. The molecular formula is C25H35ClN4O5. The van der Waals surface area contributed by atoms with E-state index in [1.165, 1.54) is 4.90 Å². The second-order valence-electron chi connectivity index (χ2n) is 9.10. The number of nitrogens with one attached hydrogen (secondary N) is 3. The van der Waals surface area contributed by atoms with Crippen molar-refractivity contribution in [1.82, 2.24) is 20.5 Å². The van der Waals surface area contributed by atoms with Crippen LogP contribution in [0, 0.1) is 11.8 Å². The van der Waals surface area contributed by atoms with Gasteiger partial charge in [-0.2, -0.15) is 0 Å². The molecule has 0 spiro atoms. The van der Waals surface area contributed by atoms with Crippen LogP contribution in [0.2, 0.25) is 0 Å². The van der Waals surface area contributed by atoms with E-state index in [9.17, 15) is 19.2 Å². The Morgan fingerprint density at radius 2 is 1.97 bits per heavy atom. The van der Waals surface area contributed by atoms with Crippen LogP contribution in [0.5, 0.6) is 5.75 Å². The van der Waals surface area contributed by atoms with Gasteiger partial charge in [0.05, 0.1) is 26.1 Å². The molecule has 0 radical (unpaired) electrons. The van der Waals surface area contributed by atoms with Crippen LogP contribution in [0.1, 0.15) is 44.1 Å². The molecule has 1 atom stereocenters. The number of hydrogen-bond donors (Lipinski definition) is 3. The Morgan fingerprint density at radius 3 is 2.60 bits per heavy atom. The highest BCUT2D eigenvalue weighted by Crippen LogP contribution is 2.25. The van der Waals surface area contributed by atoms with E-state index < -0.39 is 11.8 Å². The highest BCUT2D eigenvalue weighted by Gasteiger charge is 2.27. The third-order valence-corrected chi connectivity index (χ3v) is 5.44. The molecule has 1 aromatic carbocycles. The maximum atomic E-state index is 12.5. The van der Waals surface area contributed by atoms with Crippen LogP contribution in [0.25, 0.3) is 10.9 Å². The first-order chi connectivity index (χ1) is 16.7. The molecule has 3 N–H and O–H groups in total. The number of rotatable bonds is 9. The first kappa shape index (κ1) is 28.2. The van der Waals surface area contributed by atoms with Crippen molar-refractivity contribution in [2.24, 2.45) is 11.8 Å². The van der Waals surface area contributed by atoms with E-state index in [1.807, 2.05) is 6.07 Å². The smallest absolute Gasteiger partial charge is 0.268 e. The zero-order valence-electron chi connectivity index (χ0n) is 20.8. The fourth-order valence-corrected chi connectivity index (χ4v) is 3.75. The molecule has 2 heterocycles. The van der Waals surface area contributed by atoms with E-state index in [1.54, 1.807) is 25.3 Å². The Balaban J connectivity index is 0.00000100. The van der Waals surface area contributed by atoms with Gasteiger partial charge in [0.1, 0.15) is 17.3 Å². The summed E-state index contributed by atoms with van der Waals surface area (Å²) >= 11 is 5.67. The summed E-state index contributed by atoms with van der Waals surface area (Å²) in [5, 5.41) is 6.08. The summed E-state index contributed by atoms with van der Waals surface area (Å²) in [5.74, 6) is -0.568. The summed E-state index contributed by atoms with van der Waals surface area (Å²) in [6.45, 7) is 6.76. The van der Waals surface area contributed by atoms with Gasteiger partial charge in [-0.05, 0) is 37.0 Å². The maximum Gasteiger partial charge on any atom is 0.268 e. The number of alkyl halides is 1. The number of ketones is 1. The van der Waals surface area contributed by atoms with Gasteiger partial charge in [0, 0.05) is 24.0 Å². The summed E-state index contributed by atoms with van der Waals surface area (Å²) < 4.78 is 5.28. The second-order valence-corrected chi connectivity index (χ2v) is 9.36. The van der Waals surface area contributed by atoms with Crippen LogP contribution in [-0.4, -0.2) is 72.6 Å². The number of aromatic nitrogens is 1. The average molecular weight is 507 g/mol. The minimum atomic E-state index is -0.450. The number of halogens is 1. The van der Waals surface area contributed by atoms with Gasteiger partial charge in [0.25, 0.3) is 5.91 Å². The molecule has 3 rings (SSSR count). The summed E-state index contributed by atoms with van der Waals surface area (Å²) in [4.78, 5) is 53.3. The summed E-state index contributed by atoms with van der Waals surface area (Å²) in [6.07, 6.45) is 1.46. The van der Waals surface area contributed by atoms with Gasteiger partial charge in [0.2, 0.25) is 11.8 Å². The van der Waals surface area contributed by atoms with Gasteiger partial charge in [-0.3, -0.25) is 19.2 Å². The topological polar surface area (TPSA) is 121 Å². The zero-order valence-corrected chi connectivity index (χ0v) is 21.5. The lowest BCUT2D eigenvalue weighted by Crippen LogP contribution is -2.47. The number of amides is 3. The molecule has 1 aromatic heterocycles. The summed E-state index contributed by atoms with van der Waals surface area (Å²) in [5.41, 5.74) is 1.03. The molecule has 1 aliphatic rings. The van der Waals surface area contributed by atoms with Crippen LogP contribution < -0.4 is 15.4 Å². The van der Waals surface area contributed by atoms with Gasteiger partial charge >= 0.3 is 0 Å². The van der Waals surface area contributed by atoms with Gasteiger partial charge in [-0.25, -0.2) is 0 Å². The second kappa shape index (κ2) is 13.7. The van der Waals surface area contributed by atoms with E-state index >= 15 is 0 Å². The van der Waals surface area contributed by atoms with E-state index in [2.05, 4.69) is 36.4 Å². The molecule has 35 heavy (non-hydrogen) atoms. The minimum Gasteiger partial charge on any atom is -0.496 e. The first-order valence-corrected chi connectivity index (χ1v) is 12.3. The number of nitrogens with zero attached hydrogens (tertiary/aromatic N) is 1. The molecule has 10 heteroatoms. The van der Waals surface area contributed by atoms with Crippen LogP contribution >= 0.6 is 11.6 Å². The highest BCUT2D eigenvalue weighted by atomic mass is 35.5. The summed E-state index contributed by atoms with van der Waals surface area (Å²) in [6, 6.07) is 7.06. The van der Waals surface area contributed by atoms with Crippen molar-refractivity contribution in [2.75, 3.05) is 39.2 Å². The number of H-pyrrole nitrogens is 1. The largest absolute Gasteiger partial charge is 0.496 e. The van der Waals surface area contributed by atoms with Gasteiger partial charge in [0.15, 0.2) is 5.78 Å². The average Bonchev–Trinajstić information content (AvgIpc) is 3.27. The lowest BCUT2D eigenvalue weighted by molar-refractivity contribution is -0.136. The lowest BCUT2D eigenvalue weighted by Gasteiger charge is -2.28. The highest BCUT2D eigenvalue weighted by molar-refractivity contribution is 6.27. The van der Waals surface area contributed by atoms with E-state index in [4.69, 9.17) is 16.3 Å². The van der Waals surface area contributed by atoms with Crippen LogP contribution in [-0.2, 0) is 14.4 Å². The molecule has 2 aromatic rings. The normalized spacial score (nSPS) is 15.1. The van der Waals surface area contributed by atoms with Crippen molar-refractivity contribution >= 4 is 46.0 Å². The number of hydrogen-bond acceptors (Lipinski definition) is 5. The van der Waals surface area contributed by atoms with E-state index in [0.29, 0.717) is 24.4 Å². The van der Waals surface area contributed by atoms with Gasteiger partial charge in [-0.15, -0.1) is 11.6 Å². The van der Waals surface area contributed by atoms with Crippen LogP contribution in [0.15, 0.2) is 24.3 Å². The number of benzene rings is 1. The molecule has 1 fully saturated rings. The molecule has 1 saturated heterocycles. The number of Topliss-reactive ketones (excluding diaryl/α,β-unsaturated/α-hetero) is 1. The third-order valence-electron chi connectivity index (χ3n) is 5.21. The minimum absolute atomic E-state index is 0.124. The van der Waals surface area contributed by atoms with Crippen molar-refractivity contribution in [2.45, 2.75) is 33.6 Å². The molecule has 1 aliphatic heterocycles. The Morgan fingerprint density at radius 1 is 1.26 bits per heavy atom. The number of piperidine rings is 1. The van der Waals surface area contributed by atoms with E-state index in [0.717, 1.165) is 23.2 Å². The third kappa shape index (κ3) is 8.58. The number of ether oxygens (including phenoxy) is 1. The summed E-state index contributed by atoms with van der Waals surface area (Å²) in [7, 11) is 1.55. The number of aromatic amines is 1. The van der Waals surface area contributed by atoms with Crippen molar-refractivity contribution in [1.29, 1.82) is 0 Å². The molecule has 9 nitrogen and oxygen atoms in total. The Hall–Kier alpha value is -3.07. The molecule has 192 valence electrons. The first-order valence-electron chi connectivity index (χ1n) is 11.7. The molecule has 0 aliphatic carbocycles. The van der Waals surface area contributed by atoms with Gasteiger partial charge < -0.3 is 25.3 Å². The van der Waals surface area contributed by atoms with Crippen molar-refractivity contribution in [3.8, 4) is 5.75 Å². The zero-order chi connectivity index (χ0) is 26.0. The SMILES string of the molecule is CC(C)C.COc1cccc2[nH]c(C(=O)NCC(=O)CN(C[C@@H]3CCCNC3=O)C(=O)CCl)cc12. The number of fused-ring (bicyclic) bond motifs is 1. The predicted octanol–water partition coefficient (Wildman–Crippen LogP) is 2.73. The van der Waals surface area contributed by atoms with Crippen molar-refractivity contribution in [3.05, 3.63) is 30.0 Å². The quantitative estimate of drug-likeness (QED) is 0.451. The molecular weight excluding hydrogens is 472 g/mol. The van der Waals surface area contributed by atoms with Gasteiger partial charge in [-0.1, -0.05) is 26.8 Å². The lowest BCUT2D eigenvalue weighted by atomic mass is 9.98. The fourth-order valence-electron chi connectivity index (χ4n) is 3.59.